The van der Waals surface area contributed by atoms with Crippen LogP contribution in [0.2, 0.25) is 0 Å². The van der Waals surface area contributed by atoms with E-state index in [1.165, 1.54) is 18.2 Å². The first-order valence-electron chi connectivity index (χ1n) is 9.03. The Morgan fingerprint density at radius 1 is 1.20 bits per heavy atom. The molecule has 9 heteroatoms. The number of phenolic OH excluding ortho intramolecular Hbond substituents is 1. The van der Waals surface area contributed by atoms with Gasteiger partial charge in [-0.3, -0.25) is 4.79 Å². The van der Waals surface area contributed by atoms with Gasteiger partial charge in [-0.2, -0.15) is 13.2 Å². The first kappa shape index (κ1) is 21.6. The number of alkyl halides is 3. The maximum Gasteiger partial charge on any atom is 0.453 e. The minimum absolute atomic E-state index is 0.0317. The number of benzene rings is 2. The summed E-state index contributed by atoms with van der Waals surface area (Å²) in [5.74, 6) is -4.58. The summed E-state index contributed by atoms with van der Waals surface area (Å²) in [7, 11) is 3.31. The van der Waals surface area contributed by atoms with Crippen LogP contribution in [-0.2, 0) is 19.1 Å². The summed E-state index contributed by atoms with van der Waals surface area (Å²) >= 11 is 0. The van der Waals surface area contributed by atoms with Gasteiger partial charge < -0.3 is 19.2 Å². The molecule has 0 saturated heterocycles. The van der Waals surface area contributed by atoms with Crippen LogP contribution >= 0.6 is 0 Å². The lowest BCUT2D eigenvalue weighted by atomic mass is 10.0. The Morgan fingerprint density at radius 3 is 2.43 bits per heavy atom. The third-order valence-corrected chi connectivity index (χ3v) is 4.45. The minimum atomic E-state index is -5.09. The molecule has 1 heterocycles. The molecule has 30 heavy (non-hydrogen) atoms. The normalized spacial score (nSPS) is 12.0. The van der Waals surface area contributed by atoms with Crippen molar-refractivity contribution in [2.24, 2.45) is 0 Å². The van der Waals surface area contributed by atoms with Crippen LogP contribution < -0.4 is 10.2 Å². The molecular weight excluding hydrogens is 406 g/mol. The van der Waals surface area contributed by atoms with Gasteiger partial charge >= 0.3 is 6.18 Å². The third-order valence-electron chi connectivity index (χ3n) is 4.45. The highest BCUT2D eigenvalue weighted by Crippen LogP contribution is 2.41. The Hall–Kier alpha value is -3.07. The number of ether oxygens (including phenoxy) is 1. The largest absolute Gasteiger partial charge is 0.507 e. The standard InChI is InChI=1S/C21H19F4NO4/c1-4-11-9-12-17(28)19(29-15-8-6-5-7-14(15)22)20(21(23,24)25)30-18(12)13(16(11)27)10-26(2)3/h5-9,27H,4,10H2,1-3H3. The molecule has 3 aromatic rings. The van der Waals surface area contributed by atoms with Gasteiger partial charge in [-0.1, -0.05) is 19.1 Å². The number of phenols is 1. The summed E-state index contributed by atoms with van der Waals surface area (Å²) in [5.41, 5.74) is -1.09. The molecule has 0 fully saturated rings. The maximum absolute atomic E-state index is 14.0. The molecule has 0 amide bonds. The second-order valence-corrected chi connectivity index (χ2v) is 6.95. The Labute approximate surface area is 169 Å². The van der Waals surface area contributed by atoms with E-state index >= 15 is 0 Å². The second kappa shape index (κ2) is 7.98. The van der Waals surface area contributed by atoms with Crippen molar-refractivity contribution < 1.29 is 31.8 Å². The summed E-state index contributed by atoms with van der Waals surface area (Å²) in [6.45, 7) is 1.76. The Morgan fingerprint density at radius 2 is 1.87 bits per heavy atom. The van der Waals surface area contributed by atoms with Crippen molar-refractivity contribution in [3.8, 4) is 17.2 Å². The minimum Gasteiger partial charge on any atom is -0.507 e. The number of aryl methyl sites for hydroxylation is 1. The topological polar surface area (TPSA) is 62.9 Å². The molecule has 0 aliphatic carbocycles. The fourth-order valence-corrected chi connectivity index (χ4v) is 3.08. The smallest absolute Gasteiger partial charge is 0.453 e. The van der Waals surface area contributed by atoms with Crippen molar-refractivity contribution in [2.75, 3.05) is 14.1 Å². The van der Waals surface area contributed by atoms with Gasteiger partial charge in [-0.05, 0) is 44.3 Å². The van der Waals surface area contributed by atoms with E-state index in [1.807, 2.05) is 0 Å². The predicted octanol–water partition coefficient (Wildman–Crippen LogP) is 5.07. The molecule has 0 atom stereocenters. The van der Waals surface area contributed by atoms with Crippen LogP contribution in [0.5, 0.6) is 17.2 Å². The van der Waals surface area contributed by atoms with Crippen molar-refractivity contribution in [1.29, 1.82) is 0 Å². The highest BCUT2D eigenvalue weighted by Gasteiger charge is 2.41. The zero-order valence-electron chi connectivity index (χ0n) is 16.4. The maximum atomic E-state index is 14.0. The van der Waals surface area contributed by atoms with E-state index in [4.69, 9.17) is 9.15 Å². The van der Waals surface area contributed by atoms with Gasteiger partial charge in [0.2, 0.25) is 11.2 Å². The van der Waals surface area contributed by atoms with Gasteiger partial charge in [0, 0.05) is 6.54 Å². The fraction of sp³-hybridized carbons (Fsp3) is 0.286. The van der Waals surface area contributed by atoms with Crippen LogP contribution in [0.25, 0.3) is 11.0 Å². The average Bonchev–Trinajstić information content (AvgIpc) is 2.66. The summed E-state index contributed by atoms with van der Waals surface area (Å²) in [4.78, 5) is 14.6. The van der Waals surface area contributed by atoms with Gasteiger partial charge in [0.25, 0.3) is 5.76 Å². The summed E-state index contributed by atoms with van der Waals surface area (Å²) in [6.07, 6.45) is -4.77. The molecule has 0 aliphatic rings. The Bertz CT molecular complexity index is 1150. The first-order chi connectivity index (χ1) is 14.0. The lowest BCUT2D eigenvalue weighted by molar-refractivity contribution is -0.154. The van der Waals surface area contributed by atoms with Crippen LogP contribution in [0.4, 0.5) is 17.6 Å². The van der Waals surface area contributed by atoms with E-state index < -0.39 is 40.3 Å². The first-order valence-corrected chi connectivity index (χ1v) is 9.03. The number of nitrogens with zero attached hydrogens (tertiary/aromatic N) is 1. The van der Waals surface area contributed by atoms with Gasteiger partial charge in [0.15, 0.2) is 11.6 Å². The molecule has 0 unspecified atom stereocenters. The van der Waals surface area contributed by atoms with Crippen LogP contribution in [0, 0.1) is 5.82 Å². The monoisotopic (exact) mass is 425 g/mol. The lowest BCUT2D eigenvalue weighted by Crippen LogP contribution is -2.18. The predicted molar refractivity (Wildman–Crippen MR) is 102 cm³/mol. The highest BCUT2D eigenvalue weighted by atomic mass is 19.4. The number of hydrogen-bond donors (Lipinski definition) is 1. The van der Waals surface area contributed by atoms with E-state index in [2.05, 4.69) is 0 Å². The van der Waals surface area contributed by atoms with Crippen molar-refractivity contribution in [1.82, 2.24) is 4.90 Å². The van der Waals surface area contributed by atoms with E-state index in [1.54, 1.807) is 25.9 Å². The zero-order chi connectivity index (χ0) is 22.2. The molecule has 0 bridgehead atoms. The molecule has 0 radical (unpaired) electrons. The van der Waals surface area contributed by atoms with Crippen molar-refractivity contribution in [3.63, 3.8) is 0 Å². The summed E-state index contributed by atoms with van der Waals surface area (Å²) in [5, 5.41) is 10.3. The average molecular weight is 425 g/mol. The molecule has 2 aromatic carbocycles. The fourth-order valence-electron chi connectivity index (χ4n) is 3.08. The quantitative estimate of drug-likeness (QED) is 0.578. The van der Waals surface area contributed by atoms with Crippen LogP contribution in [0.1, 0.15) is 23.8 Å². The summed E-state index contributed by atoms with van der Waals surface area (Å²) < 4.78 is 65.3. The molecule has 0 aliphatic heterocycles. The van der Waals surface area contributed by atoms with Gasteiger partial charge in [-0.25, -0.2) is 4.39 Å². The number of halogens is 4. The lowest BCUT2D eigenvalue weighted by Gasteiger charge is -2.18. The van der Waals surface area contributed by atoms with Gasteiger partial charge in [0.05, 0.1) is 10.9 Å². The van der Waals surface area contributed by atoms with Crippen molar-refractivity contribution in [2.45, 2.75) is 26.1 Å². The van der Waals surface area contributed by atoms with E-state index in [-0.39, 0.29) is 23.2 Å². The number of aromatic hydroxyl groups is 1. The Kier molecular flexibility index (Phi) is 5.76. The van der Waals surface area contributed by atoms with Crippen LogP contribution in [0.15, 0.2) is 39.5 Å². The SMILES string of the molecule is CCc1cc2c(=O)c(Oc3ccccc3F)c(C(F)(F)F)oc2c(CN(C)C)c1O. The van der Waals surface area contributed by atoms with Gasteiger partial charge in [0.1, 0.15) is 11.3 Å². The number of para-hydroxylation sites is 1. The van der Waals surface area contributed by atoms with Crippen molar-refractivity contribution in [3.05, 3.63) is 63.3 Å². The number of fused-ring (bicyclic) bond motifs is 1. The van der Waals surface area contributed by atoms with Crippen LogP contribution in [0.3, 0.4) is 0 Å². The molecule has 0 saturated carbocycles. The molecule has 0 spiro atoms. The number of hydrogen-bond acceptors (Lipinski definition) is 5. The van der Waals surface area contributed by atoms with Gasteiger partial charge in [-0.15, -0.1) is 0 Å². The number of rotatable bonds is 5. The Balaban J connectivity index is 2.39. The van der Waals surface area contributed by atoms with E-state index in [9.17, 15) is 27.5 Å². The van der Waals surface area contributed by atoms with Crippen LogP contribution in [-0.4, -0.2) is 24.1 Å². The van der Waals surface area contributed by atoms with Crippen molar-refractivity contribution >= 4 is 11.0 Å². The third kappa shape index (κ3) is 3.97. The highest BCUT2D eigenvalue weighted by molar-refractivity contribution is 5.85. The second-order valence-electron chi connectivity index (χ2n) is 6.95. The summed E-state index contributed by atoms with van der Waals surface area (Å²) in [6, 6.07) is 6.05. The molecule has 1 aromatic heterocycles. The molecular formula is C21H19F4NO4. The molecule has 160 valence electrons. The molecule has 3 rings (SSSR count). The zero-order valence-corrected chi connectivity index (χ0v) is 16.4. The molecule has 1 N–H and O–H groups in total. The van der Waals surface area contributed by atoms with E-state index in [0.29, 0.717) is 12.0 Å². The molecule has 5 nitrogen and oxygen atoms in total. The van der Waals surface area contributed by atoms with E-state index in [0.717, 1.165) is 12.1 Å².